The topological polar surface area (TPSA) is 29.5 Å². The van der Waals surface area contributed by atoms with Crippen LogP contribution in [0.15, 0.2) is 30.3 Å². The van der Waals surface area contributed by atoms with Crippen LogP contribution in [0.1, 0.15) is 40.8 Å². The van der Waals surface area contributed by atoms with Crippen molar-refractivity contribution in [3.63, 3.8) is 0 Å². The molecule has 0 amide bonds. The molecule has 1 atom stereocenters. The van der Waals surface area contributed by atoms with Crippen molar-refractivity contribution >= 4 is 23.1 Å². The van der Waals surface area contributed by atoms with Crippen LogP contribution in [-0.4, -0.2) is 17.0 Å². The Morgan fingerprint density at radius 3 is 2.62 bits per heavy atom. The number of aliphatic hydroxyl groups is 1. The minimum Gasteiger partial charge on any atom is -0.491 e. The Morgan fingerprint density at radius 2 is 1.95 bits per heavy atom. The van der Waals surface area contributed by atoms with Crippen molar-refractivity contribution < 1.29 is 9.84 Å². The summed E-state index contributed by atoms with van der Waals surface area (Å²) >= 11 is 3.73. The van der Waals surface area contributed by atoms with Crippen LogP contribution >= 0.6 is 23.1 Å². The van der Waals surface area contributed by atoms with Crippen molar-refractivity contribution in [2.75, 3.05) is 5.75 Å². The molecular formula is C17H20O2S2. The highest BCUT2D eigenvalue weighted by molar-refractivity contribution is 7.98. The average molecular weight is 320 g/mol. The fourth-order valence-electron chi connectivity index (χ4n) is 2.47. The van der Waals surface area contributed by atoms with Crippen LogP contribution in [0.2, 0.25) is 0 Å². The minimum atomic E-state index is -0.529. The normalized spacial score (nSPS) is 15.8. The molecule has 0 saturated carbocycles. The van der Waals surface area contributed by atoms with Gasteiger partial charge >= 0.3 is 0 Å². The van der Waals surface area contributed by atoms with E-state index in [4.69, 9.17) is 4.74 Å². The van der Waals surface area contributed by atoms with Gasteiger partial charge in [0.25, 0.3) is 0 Å². The van der Waals surface area contributed by atoms with E-state index in [0.717, 1.165) is 28.4 Å². The van der Waals surface area contributed by atoms with Crippen molar-refractivity contribution in [2.24, 2.45) is 0 Å². The molecule has 3 rings (SSSR count). The summed E-state index contributed by atoms with van der Waals surface area (Å²) in [6.45, 7) is 4.02. The summed E-state index contributed by atoms with van der Waals surface area (Å²) in [6, 6.07) is 9.95. The Morgan fingerprint density at radius 1 is 1.19 bits per heavy atom. The van der Waals surface area contributed by atoms with Crippen molar-refractivity contribution in [1.82, 2.24) is 0 Å². The molecule has 1 aliphatic heterocycles. The number of rotatable bonds is 4. The summed E-state index contributed by atoms with van der Waals surface area (Å²) in [6.07, 6.45) is 0.777. The molecule has 112 valence electrons. The molecule has 21 heavy (non-hydrogen) atoms. The van der Waals surface area contributed by atoms with E-state index in [2.05, 4.69) is 6.07 Å². The monoisotopic (exact) mass is 320 g/mol. The summed E-state index contributed by atoms with van der Waals surface area (Å²) in [7, 11) is 0. The molecule has 0 fully saturated rings. The first kappa shape index (κ1) is 14.9. The second kappa shape index (κ2) is 6.42. The molecule has 0 bridgehead atoms. The van der Waals surface area contributed by atoms with E-state index in [9.17, 15) is 5.11 Å². The number of thiophene rings is 1. The Labute approximate surface area is 134 Å². The van der Waals surface area contributed by atoms with Crippen molar-refractivity contribution in [2.45, 2.75) is 38.2 Å². The molecule has 2 aromatic rings. The largest absolute Gasteiger partial charge is 0.491 e. The number of aryl methyl sites for hydroxylation is 1. The second-order valence-corrected chi connectivity index (χ2v) is 7.81. The quantitative estimate of drug-likeness (QED) is 0.905. The van der Waals surface area contributed by atoms with E-state index >= 15 is 0 Å². The predicted octanol–water partition coefficient (Wildman–Crippen LogP) is 4.41. The zero-order chi connectivity index (χ0) is 14.8. The highest BCUT2D eigenvalue weighted by Crippen LogP contribution is 2.36. The molecule has 0 radical (unpaired) electrons. The Balaban J connectivity index is 1.78. The van der Waals surface area contributed by atoms with Crippen LogP contribution in [0.5, 0.6) is 5.75 Å². The van der Waals surface area contributed by atoms with Crippen LogP contribution in [0.3, 0.4) is 0 Å². The summed E-state index contributed by atoms with van der Waals surface area (Å²) in [5, 5.41) is 10.6. The smallest absolute Gasteiger partial charge is 0.119 e. The van der Waals surface area contributed by atoms with Crippen molar-refractivity contribution in [3.8, 4) is 5.75 Å². The van der Waals surface area contributed by atoms with Gasteiger partial charge in [-0.2, -0.15) is 11.8 Å². The van der Waals surface area contributed by atoms with Gasteiger partial charge in [-0.3, -0.25) is 0 Å². The standard InChI is InChI=1S/C17H20O2S2/c1-11(2)19-14-5-3-12(4-6-14)17(18)16-9-13-10-20-8-7-15(13)21-16/h3-6,9,11,17-18H,7-8,10H2,1-2H3. The summed E-state index contributed by atoms with van der Waals surface area (Å²) in [5.74, 6) is 3.13. The average Bonchev–Trinajstić information content (AvgIpc) is 2.90. The third kappa shape index (κ3) is 3.44. The van der Waals surface area contributed by atoms with Gasteiger partial charge in [-0.1, -0.05) is 12.1 Å². The van der Waals surface area contributed by atoms with Gasteiger partial charge in [-0.05, 0) is 55.3 Å². The molecule has 2 heterocycles. The number of fused-ring (bicyclic) bond motifs is 1. The van der Waals surface area contributed by atoms with Crippen molar-refractivity contribution in [3.05, 3.63) is 51.2 Å². The van der Waals surface area contributed by atoms with E-state index in [0.29, 0.717) is 0 Å². The first-order valence-electron chi connectivity index (χ1n) is 7.27. The number of thioether (sulfide) groups is 1. The maximum Gasteiger partial charge on any atom is 0.119 e. The molecule has 1 N–H and O–H groups in total. The second-order valence-electron chi connectivity index (χ2n) is 5.54. The van der Waals surface area contributed by atoms with Gasteiger partial charge in [0.2, 0.25) is 0 Å². The zero-order valence-corrected chi connectivity index (χ0v) is 14.0. The molecule has 1 aliphatic rings. The maximum atomic E-state index is 10.6. The number of aliphatic hydroxyl groups excluding tert-OH is 1. The van der Waals surface area contributed by atoms with Crippen LogP contribution < -0.4 is 4.74 Å². The van der Waals surface area contributed by atoms with Gasteiger partial charge < -0.3 is 9.84 Å². The highest BCUT2D eigenvalue weighted by atomic mass is 32.2. The molecule has 0 spiro atoms. The Bertz CT molecular complexity index is 578. The lowest BCUT2D eigenvalue weighted by atomic mass is 10.1. The molecule has 1 unspecified atom stereocenters. The first-order chi connectivity index (χ1) is 10.1. The van der Waals surface area contributed by atoms with E-state index in [-0.39, 0.29) is 6.10 Å². The molecule has 0 aliphatic carbocycles. The van der Waals surface area contributed by atoms with E-state index < -0.39 is 6.10 Å². The van der Waals surface area contributed by atoms with E-state index in [1.165, 1.54) is 16.2 Å². The van der Waals surface area contributed by atoms with Crippen LogP contribution in [0.25, 0.3) is 0 Å². The highest BCUT2D eigenvalue weighted by Gasteiger charge is 2.19. The number of hydrogen-bond acceptors (Lipinski definition) is 4. The molecule has 1 aromatic carbocycles. The fourth-order valence-corrected chi connectivity index (χ4v) is 4.86. The van der Waals surface area contributed by atoms with Gasteiger partial charge in [0.05, 0.1) is 6.10 Å². The predicted molar refractivity (Wildman–Crippen MR) is 90.5 cm³/mol. The lowest BCUT2D eigenvalue weighted by Gasteiger charge is -2.12. The first-order valence-corrected chi connectivity index (χ1v) is 9.24. The van der Waals surface area contributed by atoms with Crippen LogP contribution in [-0.2, 0) is 12.2 Å². The summed E-state index contributed by atoms with van der Waals surface area (Å²) < 4.78 is 5.64. The summed E-state index contributed by atoms with van der Waals surface area (Å²) in [4.78, 5) is 2.50. The lowest BCUT2D eigenvalue weighted by Crippen LogP contribution is -2.05. The van der Waals surface area contributed by atoms with Crippen LogP contribution in [0, 0.1) is 0 Å². The minimum absolute atomic E-state index is 0.169. The van der Waals surface area contributed by atoms with Gasteiger partial charge in [-0.25, -0.2) is 0 Å². The molecule has 4 heteroatoms. The van der Waals surface area contributed by atoms with Crippen LogP contribution in [0.4, 0.5) is 0 Å². The van der Waals surface area contributed by atoms with E-state index in [1.54, 1.807) is 11.3 Å². The van der Waals surface area contributed by atoms with Gasteiger partial charge in [0, 0.05) is 15.5 Å². The molecular weight excluding hydrogens is 300 g/mol. The third-order valence-corrected chi connectivity index (χ3v) is 5.78. The van der Waals surface area contributed by atoms with Gasteiger partial charge in [0.1, 0.15) is 11.9 Å². The van der Waals surface area contributed by atoms with E-state index in [1.807, 2.05) is 49.9 Å². The van der Waals surface area contributed by atoms with Gasteiger partial charge in [-0.15, -0.1) is 11.3 Å². The SMILES string of the molecule is CC(C)Oc1ccc(C(O)c2cc3c(s2)CCSC3)cc1. The van der Waals surface area contributed by atoms with Gasteiger partial charge in [0.15, 0.2) is 0 Å². The van der Waals surface area contributed by atoms with Crippen molar-refractivity contribution in [1.29, 1.82) is 0 Å². The molecule has 1 aromatic heterocycles. The summed E-state index contributed by atoms with van der Waals surface area (Å²) in [5.41, 5.74) is 2.34. The number of ether oxygens (including phenoxy) is 1. The Hall–Kier alpha value is -0.970. The molecule has 2 nitrogen and oxygen atoms in total. The fraction of sp³-hybridized carbons (Fsp3) is 0.412. The molecule has 0 saturated heterocycles. The number of hydrogen-bond donors (Lipinski definition) is 1. The maximum absolute atomic E-state index is 10.6. The lowest BCUT2D eigenvalue weighted by molar-refractivity contribution is 0.223. The zero-order valence-electron chi connectivity index (χ0n) is 12.3. The Kier molecular flexibility index (Phi) is 4.57. The third-order valence-electron chi connectivity index (χ3n) is 3.48. The number of benzene rings is 1.